The van der Waals surface area contributed by atoms with Crippen LogP contribution in [0.3, 0.4) is 0 Å². The number of fused-ring (bicyclic) bond motifs is 6. The molecule has 0 amide bonds. The molecule has 4 nitrogen and oxygen atoms in total. The lowest BCUT2D eigenvalue weighted by Crippen LogP contribution is -2.39. The molecule has 5 aromatic carbocycles. The van der Waals surface area contributed by atoms with Crippen LogP contribution in [-0.2, 0) is 18.6 Å². The third-order valence-corrected chi connectivity index (χ3v) is 8.45. The van der Waals surface area contributed by atoms with Crippen LogP contribution in [0.2, 0.25) is 0 Å². The molecule has 0 saturated carbocycles. The Labute approximate surface area is 241 Å². The van der Waals surface area contributed by atoms with Gasteiger partial charge in [-0.15, -0.1) is 0 Å². The summed E-state index contributed by atoms with van der Waals surface area (Å²) in [6, 6.07) is 43.3. The van der Waals surface area contributed by atoms with Gasteiger partial charge < -0.3 is 9.99 Å². The normalized spacial score (nSPS) is 14.0. The third kappa shape index (κ3) is 4.41. The highest BCUT2D eigenvalue weighted by atomic mass is 15.5. The largest absolute Gasteiger partial charge is 0.320 e. The van der Waals surface area contributed by atoms with Crippen molar-refractivity contribution in [1.82, 2.24) is 15.0 Å². The van der Waals surface area contributed by atoms with Crippen LogP contribution in [0.25, 0.3) is 32.9 Å². The minimum absolute atomic E-state index is 0.0540. The van der Waals surface area contributed by atoms with Gasteiger partial charge in [-0.05, 0) is 46.0 Å². The molecule has 202 valence electrons. The molecule has 0 unspecified atom stereocenters. The Morgan fingerprint density at radius 2 is 1.39 bits per heavy atom. The number of hydrogen-bond donors (Lipinski definition) is 1. The van der Waals surface area contributed by atoms with Gasteiger partial charge in [0.2, 0.25) is 0 Å². The fourth-order valence-corrected chi connectivity index (χ4v) is 6.40. The topological polar surface area (TPSA) is 32.6 Å². The predicted octanol–water partition coefficient (Wildman–Crippen LogP) is 8.14. The smallest absolute Gasteiger partial charge is 0.144 e. The fraction of sp³-hybridized carbons (Fsp3) is 0.162. The van der Waals surface area contributed by atoms with Crippen molar-refractivity contribution in [3.63, 3.8) is 0 Å². The van der Waals surface area contributed by atoms with E-state index >= 15 is 0 Å². The number of nitrogens with one attached hydrogen (secondary N) is 1. The van der Waals surface area contributed by atoms with E-state index < -0.39 is 0 Å². The molecule has 0 radical (unpaired) electrons. The highest BCUT2D eigenvalue weighted by molar-refractivity contribution is 6.10. The zero-order valence-electron chi connectivity index (χ0n) is 23.8. The summed E-state index contributed by atoms with van der Waals surface area (Å²) in [5.41, 5.74) is 13.7. The van der Waals surface area contributed by atoms with Crippen molar-refractivity contribution in [3.05, 3.63) is 144 Å². The molecule has 1 heterocycles. The van der Waals surface area contributed by atoms with E-state index in [0.29, 0.717) is 6.67 Å². The van der Waals surface area contributed by atoms with Crippen molar-refractivity contribution >= 4 is 27.6 Å². The Balaban J connectivity index is 1.32. The molecule has 0 atom stereocenters. The van der Waals surface area contributed by atoms with Gasteiger partial charge in [-0.3, -0.25) is 0 Å². The Morgan fingerprint density at radius 1 is 0.707 bits per heavy atom. The third-order valence-electron chi connectivity index (χ3n) is 8.45. The number of rotatable bonds is 6. The van der Waals surface area contributed by atoms with E-state index in [-0.39, 0.29) is 5.41 Å². The molecular weight excluding hydrogens is 500 g/mol. The lowest BCUT2D eigenvalue weighted by Gasteiger charge is -2.22. The summed E-state index contributed by atoms with van der Waals surface area (Å²) in [6.07, 6.45) is 0. The van der Waals surface area contributed by atoms with Crippen molar-refractivity contribution in [1.29, 1.82) is 0 Å². The van der Waals surface area contributed by atoms with Gasteiger partial charge in [-0.25, -0.2) is 10.0 Å². The number of benzene rings is 5. The van der Waals surface area contributed by atoms with E-state index in [9.17, 15) is 0 Å². The van der Waals surface area contributed by atoms with Crippen LogP contribution in [0.5, 0.6) is 0 Å². The molecule has 1 N–H and O–H groups in total. The summed E-state index contributed by atoms with van der Waals surface area (Å²) in [7, 11) is 2.06. The first-order chi connectivity index (χ1) is 20.0. The maximum atomic E-state index is 5.21. The lowest BCUT2D eigenvalue weighted by molar-refractivity contribution is 0.283. The number of amidine groups is 1. The minimum atomic E-state index is -0.0540. The molecule has 0 saturated heterocycles. The van der Waals surface area contributed by atoms with Gasteiger partial charge in [0.1, 0.15) is 12.5 Å². The van der Waals surface area contributed by atoms with Crippen LogP contribution in [-0.4, -0.2) is 22.5 Å². The van der Waals surface area contributed by atoms with Gasteiger partial charge in [0.25, 0.3) is 0 Å². The molecule has 6 aromatic rings. The number of hydrazine groups is 1. The zero-order chi connectivity index (χ0) is 28.0. The first-order valence-corrected chi connectivity index (χ1v) is 14.3. The summed E-state index contributed by atoms with van der Waals surface area (Å²) < 4.78 is 2.37. The van der Waals surface area contributed by atoms with Crippen LogP contribution >= 0.6 is 0 Å². The molecule has 0 spiro atoms. The van der Waals surface area contributed by atoms with Crippen LogP contribution < -0.4 is 5.43 Å². The standard InChI is InChI=1S/C37H34N4/c1-37(2)32-20-12-10-18-28(32)30-22-31-29-19-11-13-21-34(29)41(35(31)23-33(30)37)25-38-36(27-16-8-5-9-17-27)39-40(3)24-26-14-6-4-7-15-26/h4-23H,24-25H2,1-3H3,(H,38,39). The number of nitrogens with zero attached hydrogens (tertiary/aromatic N) is 3. The van der Waals surface area contributed by atoms with Crippen molar-refractivity contribution < 1.29 is 0 Å². The van der Waals surface area contributed by atoms with Crippen molar-refractivity contribution in [2.24, 2.45) is 4.99 Å². The van der Waals surface area contributed by atoms with E-state index in [1.807, 2.05) is 6.07 Å². The Morgan fingerprint density at radius 3 is 2.20 bits per heavy atom. The van der Waals surface area contributed by atoms with E-state index in [2.05, 4.69) is 151 Å². The second-order valence-corrected chi connectivity index (χ2v) is 11.5. The van der Waals surface area contributed by atoms with Crippen LogP contribution in [0.4, 0.5) is 0 Å². The molecule has 41 heavy (non-hydrogen) atoms. The zero-order valence-corrected chi connectivity index (χ0v) is 23.8. The fourth-order valence-electron chi connectivity index (χ4n) is 6.40. The van der Waals surface area contributed by atoms with E-state index in [0.717, 1.165) is 17.9 Å². The SMILES string of the molecule is CN(Cc1ccccc1)NC(=NCn1c2ccccc2c2cc3c(cc21)C(C)(C)c1ccccc1-3)c1ccccc1. The summed E-state index contributed by atoms with van der Waals surface area (Å²) in [5.74, 6) is 0.851. The number of aliphatic imine (C=N–C) groups is 1. The summed E-state index contributed by atoms with van der Waals surface area (Å²) in [6.45, 7) is 5.96. The van der Waals surface area contributed by atoms with E-state index in [1.165, 1.54) is 49.6 Å². The van der Waals surface area contributed by atoms with Gasteiger partial charge in [0.05, 0.1) is 11.0 Å². The number of hydrogen-bond acceptors (Lipinski definition) is 2. The quantitative estimate of drug-likeness (QED) is 0.133. The Bertz CT molecular complexity index is 1900. The molecule has 7 rings (SSSR count). The Kier molecular flexibility index (Phi) is 6.21. The van der Waals surface area contributed by atoms with Crippen LogP contribution in [0, 0.1) is 0 Å². The number of aromatic nitrogens is 1. The molecule has 0 fully saturated rings. The molecule has 1 aliphatic rings. The predicted molar refractivity (Wildman–Crippen MR) is 171 cm³/mol. The molecule has 4 heteroatoms. The maximum absolute atomic E-state index is 5.21. The second kappa shape index (κ2) is 10.1. The lowest BCUT2D eigenvalue weighted by atomic mass is 9.82. The van der Waals surface area contributed by atoms with Gasteiger partial charge in [-0.2, -0.15) is 0 Å². The summed E-state index contributed by atoms with van der Waals surface area (Å²) in [5, 5.41) is 4.63. The van der Waals surface area contributed by atoms with Gasteiger partial charge in [-0.1, -0.05) is 117 Å². The van der Waals surface area contributed by atoms with Crippen molar-refractivity contribution in [2.75, 3.05) is 7.05 Å². The maximum Gasteiger partial charge on any atom is 0.144 e. The van der Waals surface area contributed by atoms with E-state index in [1.54, 1.807) is 0 Å². The number of para-hydroxylation sites is 1. The van der Waals surface area contributed by atoms with E-state index in [4.69, 9.17) is 4.99 Å². The van der Waals surface area contributed by atoms with Crippen molar-refractivity contribution in [2.45, 2.75) is 32.5 Å². The van der Waals surface area contributed by atoms with Gasteiger partial charge in [0, 0.05) is 35.3 Å². The van der Waals surface area contributed by atoms with Gasteiger partial charge >= 0.3 is 0 Å². The molecule has 1 aromatic heterocycles. The second-order valence-electron chi connectivity index (χ2n) is 11.5. The summed E-state index contributed by atoms with van der Waals surface area (Å²) in [4.78, 5) is 5.21. The van der Waals surface area contributed by atoms with Crippen molar-refractivity contribution in [3.8, 4) is 11.1 Å². The molecule has 0 aliphatic heterocycles. The molecular formula is C37H34N4. The molecule has 1 aliphatic carbocycles. The average molecular weight is 535 g/mol. The van der Waals surface area contributed by atoms with Gasteiger partial charge in [0.15, 0.2) is 0 Å². The first kappa shape index (κ1) is 25.3. The summed E-state index contributed by atoms with van der Waals surface area (Å²) >= 11 is 0. The van der Waals surface area contributed by atoms with Crippen LogP contribution in [0.15, 0.2) is 126 Å². The highest BCUT2D eigenvalue weighted by Gasteiger charge is 2.36. The monoisotopic (exact) mass is 534 g/mol. The Hall–Kier alpha value is -4.67. The highest BCUT2D eigenvalue weighted by Crippen LogP contribution is 2.50. The molecule has 0 bridgehead atoms. The average Bonchev–Trinajstić information content (AvgIpc) is 3.43. The van der Waals surface area contributed by atoms with Crippen LogP contribution in [0.1, 0.15) is 36.1 Å². The minimum Gasteiger partial charge on any atom is -0.320 e. The first-order valence-electron chi connectivity index (χ1n) is 14.3.